The highest BCUT2D eigenvalue weighted by Crippen LogP contribution is 2.31. The number of phenolic OH excluding ortho intramolecular Hbond substituents is 1. The summed E-state index contributed by atoms with van der Waals surface area (Å²) in [6, 6.07) is 13.7. The minimum absolute atomic E-state index is 0.0354. The van der Waals surface area contributed by atoms with E-state index in [1.165, 1.54) is 6.07 Å². The summed E-state index contributed by atoms with van der Waals surface area (Å²) in [4.78, 5) is 11.8. The lowest BCUT2D eigenvalue weighted by Gasteiger charge is -2.11. The van der Waals surface area contributed by atoms with E-state index in [2.05, 4.69) is 0 Å². The van der Waals surface area contributed by atoms with Crippen LogP contribution in [0.5, 0.6) is 17.2 Å². The average Bonchev–Trinajstić information content (AvgIpc) is 2.40. The molecule has 0 heterocycles. The Hall–Kier alpha value is -2.49. The summed E-state index contributed by atoms with van der Waals surface area (Å²) in [6.45, 7) is 1.94. The highest BCUT2D eigenvalue weighted by atomic mass is 16.5. The number of hydrogen-bond donors (Lipinski definition) is 1. The van der Waals surface area contributed by atoms with Gasteiger partial charge in [-0.25, -0.2) is 4.79 Å². The molecule has 0 bridgehead atoms. The first-order chi connectivity index (χ1) is 9.22. The Labute approximate surface area is 111 Å². The maximum Gasteiger partial charge on any atom is 0.345 e. The van der Waals surface area contributed by atoms with Gasteiger partial charge >= 0.3 is 5.97 Å². The molecule has 0 spiro atoms. The van der Waals surface area contributed by atoms with E-state index in [4.69, 9.17) is 9.47 Å². The summed E-state index contributed by atoms with van der Waals surface area (Å²) in [6.07, 6.45) is 0. The summed E-state index contributed by atoms with van der Waals surface area (Å²) < 4.78 is 10.5. The Morgan fingerprint density at radius 2 is 1.84 bits per heavy atom. The molecule has 0 amide bonds. The summed E-state index contributed by atoms with van der Waals surface area (Å²) in [5.74, 6) is 0.0849. The Bertz CT molecular complexity index is 564. The smallest absolute Gasteiger partial charge is 0.345 e. The quantitative estimate of drug-likeness (QED) is 0.854. The SMILES string of the molecule is CCOC(=O)c1c(O)cccc1Oc1ccccc1. The van der Waals surface area contributed by atoms with Crippen LogP contribution in [-0.4, -0.2) is 17.7 Å². The molecule has 0 saturated heterocycles. The summed E-state index contributed by atoms with van der Waals surface area (Å²) in [7, 11) is 0. The number of carbonyl (C=O) groups is 1. The van der Waals surface area contributed by atoms with Crippen LogP contribution in [-0.2, 0) is 4.74 Å². The first-order valence-electron chi connectivity index (χ1n) is 5.94. The third-order valence-electron chi connectivity index (χ3n) is 2.45. The molecular weight excluding hydrogens is 244 g/mol. The lowest BCUT2D eigenvalue weighted by Crippen LogP contribution is -2.06. The lowest BCUT2D eigenvalue weighted by molar-refractivity contribution is 0.0520. The molecule has 1 N–H and O–H groups in total. The van der Waals surface area contributed by atoms with Crippen LogP contribution in [0.15, 0.2) is 48.5 Å². The van der Waals surface area contributed by atoms with Crippen molar-refractivity contribution in [2.75, 3.05) is 6.61 Å². The first kappa shape index (κ1) is 13.0. The van der Waals surface area contributed by atoms with Crippen LogP contribution in [0.2, 0.25) is 0 Å². The van der Waals surface area contributed by atoms with Gasteiger partial charge in [0.1, 0.15) is 22.8 Å². The number of phenols is 1. The van der Waals surface area contributed by atoms with Gasteiger partial charge in [0.25, 0.3) is 0 Å². The van der Waals surface area contributed by atoms with Crippen molar-refractivity contribution in [1.29, 1.82) is 0 Å². The number of benzene rings is 2. The molecule has 2 aromatic carbocycles. The van der Waals surface area contributed by atoms with Crippen molar-refractivity contribution in [3.05, 3.63) is 54.1 Å². The minimum atomic E-state index is -0.605. The average molecular weight is 258 g/mol. The van der Waals surface area contributed by atoms with Crippen molar-refractivity contribution in [1.82, 2.24) is 0 Å². The molecule has 0 aliphatic rings. The Morgan fingerprint density at radius 1 is 1.11 bits per heavy atom. The fraction of sp³-hybridized carbons (Fsp3) is 0.133. The monoisotopic (exact) mass is 258 g/mol. The van der Waals surface area contributed by atoms with Crippen LogP contribution in [0.1, 0.15) is 17.3 Å². The van der Waals surface area contributed by atoms with Gasteiger partial charge in [-0.15, -0.1) is 0 Å². The first-order valence-corrected chi connectivity index (χ1v) is 5.94. The second kappa shape index (κ2) is 5.91. The molecule has 0 atom stereocenters. The molecule has 0 unspecified atom stereocenters. The van der Waals surface area contributed by atoms with Crippen molar-refractivity contribution in [3.8, 4) is 17.2 Å². The molecule has 0 radical (unpaired) electrons. The standard InChI is InChI=1S/C15H14O4/c1-2-18-15(17)14-12(16)9-6-10-13(14)19-11-7-4-3-5-8-11/h3-10,16H,2H2,1H3. The molecule has 2 aromatic rings. The Balaban J connectivity index is 2.35. The molecule has 0 saturated carbocycles. The predicted octanol–water partition coefficient (Wildman–Crippen LogP) is 3.36. The number of rotatable bonds is 4. The fourth-order valence-corrected chi connectivity index (χ4v) is 1.63. The van der Waals surface area contributed by atoms with Gasteiger partial charge in [0, 0.05) is 0 Å². The van der Waals surface area contributed by atoms with Gasteiger partial charge in [0.15, 0.2) is 0 Å². The Morgan fingerprint density at radius 3 is 2.53 bits per heavy atom. The zero-order valence-corrected chi connectivity index (χ0v) is 10.5. The number of carbonyl (C=O) groups excluding carboxylic acids is 1. The van der Waals surface area contributed by atoms with Crippen molar-refractivity contribution in [2.45, 2.75) is 6.92 Å². The van der Waals surface area contributed by atoms with Gasteiger partial charge < -0.3 is 14.6 Å². The maximum absolute atomic E-state index is 11.8. The summed E-state index contributed by atoms with van der Waals surface area (Å²) in [5.41, 5.74) is 0.0354. The third-order valence-corrected chi connectivity index (χ3v) is 2.45. The van der Waals surface area contributed by atoms with Gasteiger partial charge in [0.2, 0.25) is 0 Å². The molecule has 0 aromatic heterocycles. The summed E-state index contributed by atoms with van der Waals surface area (Å²) in [5, 5.41) is 9.79. The van der Waals surface area contributed by atoms with Crippen LogP contribution < -0.4 is 4.74 Å². The zero-order valence-electron chi connectivity index (χ0n) is 10.5. The van der Waals surface area contributed by atoms with E-state index in [1.807, 2.05) is 18.2 Å². The second-order valence-corrected chi connectivity index (χ2v) is 3.79. The number of esters is 1. The number of hydrogen-bond acceptors (Lipinski definition) is 4. The minimum Gasteiger partial charge on any atom is -0.507 e. The molecule has 2 rings (SSSR count). The predicted molar refractivity (Wildman–Crippen MR) is 70.6 cm³/mol. The van der Waals surface area contributed by atoms with E-state index in [0.717, 1.165) is 0 Å². The highest BCUT2D eigenvalue weighted by molar-refractivity contribution is 5.95. The molecule has 0 aliphatic carbocycles. The van der Waals surface area contributed by atoms with E-state index in [-0.39, 0.29) is 23.7 Å². The van der Waals surface area contributed by atoms with E-state index >= 15 is 0 Å². The zero-order chi connectivity index (χ0) is 13.7. The van der Waals surface area contributed by atoms with Gasteiger partial charge in [-0.3, -0.25) is 0 Å². The van der Waals surface area contributed by atoms with Crippen LogP contribution >= 0.6 is 0 Å². The van der Waals surface area contributed by atoms with Gasteiger partial charge in [-0.1, -0.05) is 24.3 Å². The maximum atomic E-state index is 11.8. The molecule has 4 heteroatoms. The number of aromatic hydroxyl groups is 1. The molecule has 0 fully saturated rings. The van der Waals surface area contributed by atoms with Crippen LogP contribution in [0.25, 0.3) is 0 Å². The van der Waals surface area contributed by atoms with Crippen molar-refractivity contribution >= 4 is 5.97 Å². The van der Waals surface area contributed by atoms with Gasteiger partial charge in [0.05, 0.1) is 6.61 Å². The second-order valence-electron chi connectivity index (χ2n) is 3.79. The molecular formula is C15H14O4. The molecule has 0 aliphatic heterocycles. The third kappa shape index (κ3) is 3.04. The van der Waals surface area contributed by atoms with Crippen LogP contribution in [0, 0.1) is 0 Å². The van der Waals surface area contributed by atoms with E-state index in [9.17, 15) is 9.90 Å². The summed E-state index contributed by atoms with van der Waals surface area (Å²) >= 11 is 0. The largest absolute Gasteiger partial charge is 0.507 e. The van der Waals surface area contributed by atoms with E-state index in [1.54, 1.807) is 31.2 Å². The normalized spacial score (nSPS) is 9.95. The van der Waals surface area contributed by atoms with Crippen molar-refractivity contribution < 1.29 is 19.4 Å². The van der Waals surface area contributed by atoms with E-state index in [0.29, 0.717) is 5.75 Å². The Kier molecular flexibility index (Phi) is 4.03. The molecule has 4 nitrogen and oxygen atoms in total. The topological polar surface area (TPSA) is 55.8 Å². The molecule has 98 valence electrons. The van der Waals surface area contributed by atoms with E-state index < -0.39 is 5.97 Å². The van der Waals surface area contributed by atoms with Gasteiger partial charge in [-0.05, 0) is 31.2 Å². The number of ether oxygens (including phenoxy) is 2. The van der Waals surface area contributed by atoms with Crippen LogP contribution in [0.4, 0.5) is 0 Å². The highest BCUT2D eigenvalue weighted by Gasteiger charge is 2.19. The van der Waals surface area contributed by atoms with Crippen molar-refractivity contribution in [2.24, 2.45) is 0 Å². The molecule has 19 heavy (non-hydrogen) atoms. The fourth-order valence-electron chi connectivity index (χ4n) is 1.63. The van der Waals surface area contributed by atoms with Gasteiger partial charge in [-0.2, -0.15) is 0 Å². The number of para-hydroxylation sites is 1. The van der Waals surface area contributed by atoms with Crippen molar-refractivity contribution in [3.63, 3.8) is 0 Å². The van der Waals surface area contributed by atoms with Crippen LogP contribution in [0.3, 0.4) is 0 Å². The lowest BCUT2D eigenvalue weighted by atomic mass is 10.2.